The van der Waals surface area contributed by atoms with Crippen LogP contribution in [0.15, 0.2) is 77.4 Å². The zero-order valence-electron chi connectivity index (χ0n) is 18.4. The molecule has 0 aliphatic carbocycles. The zero-order chi connectivity index (χ0) is 24.2. The van der Waals surface area contributed by atoms with Crippen molar-refractivity contribution in [2.75, 3.05) is 7.11 Å². The van der Waals surface area contributed by atoms with Gasteiger partial charge in [0.2, 0.25) is 0 Å². The fourth-order valence-electron chi connectivity index (χ4n) is 3.38. The third-order valence-corrected chi connectivity index (χ3v) is 5.76. The van der Waals surface area contributed by atoms with E-state index in [-0.39, 0.29) is 6.61 Å². The molecule has 0 atom stereocenters. The molecule has 0 bridgehead atoms. The molecule has 3 aromatic carbocycles. The lowest BCUT2D eigenvalue weighted by Crippen LogP contribution is -2.29. The Bertz CT molecular complexity index is 1320. The first kappa shape index (κ1) is 23.5. The highest BCUT2D eigenvalue weighted by Crippen LogP contribution is 2.31. The lowest BCUT2D eigenvalue weighted by atomic mass is 10.1. The van der Waals surface area contributed by atoms with Gasteiger partial charge < -0.3 is 9.47 Å². The third kappa shape index (κ3) is 4.98. The van der Waals surface area contributed by atoms with Gasteiger partial charge >= 0.3 is 0 Å². The molecule has 1 aliphatic heterocycles. The van der Waals surface area contributed by atoms with Crippen LogP contribution >= 0.6 is 23.2 Å². The second kappa shape index (κ2) is 10.1. The van der Waals surface area contributed by atoms with Crippen molar-refractivity contribution < 1.29 is 19.1 Å². The van der Waals surface area contributed by atoms with Crippen LogP contribution in [0.5, 0.6) is 11.5 Å². The molecule has 1 heterocycles. The van der Waals surface area contributed by atoms with Gasteiger partial charge in [-0.2, -0.15) is 10.1 Å². The van der Waals surface area contributed by atoms with Gasteiger partial charge in [0.25, 0.3) is 11.8 Å². The average molecular weight is 495 g/mol. The molecular formula is C26H20Cl2N2O4. The molecular weight excluding hydrogens is 475 g/mol. The summed E-state index contributed by atoms with van der Waals surface area (Å²) in [5, 5.41) is 6.12. The standard InChI is InChI=1S/C26H20Cl2N2O4/c1-16-21(26(32)30(29-16)25(31)18-6-4-3-5-7-18)12-17-8-11-23(24(13-17)33-2)34-15-19-9-10-20(27)14-22(19)28/h3-14H,15H2,1-2H3/b21-12+. The predicted molar refractivity (Wildman–Crippen MR) is 132 cm³/mol. The molecule has 0 aromatic heterocycles. The van der Waals surface area contributed by atoms with Gasteiger partial charge in [0.05, 0.1) is 18.4 Å². The first-order valence-corrected chi connectivity index (χ1v) is 11.1. The Morgan fingerprint density at radius 3 is 2.50 bits per heavy atom. The van der Waals surface area contributed by atoms with Crippen molar-refractivity contribution in [3.63, 3.8) is 0 Å². The van der Waals surface area contributed by atoms with E-state index >= 15 is 0 Å². The molecule has 4 rings (SSSR count). The van der Waals surface area contributed by atoms with Gasteiger partial charge in [-0.15, -0.1) is 0 Å². The summed E-state index contributed by atoms with van der Waals surface area (Å²) in [5.74, 6) is 0.0370. The van der Waals surface area contributed by atoms with Gasteiger partial charge in [-0.25, -0.2) is 0 Å². The number of halogens is 2. The molecule has 0 N–H and O–H groups in total. The highest BCUT2D eigenvalue weighted by molar-refractivity contribution is 6.35. The smallest absolute Gasteiger partial charge is 0.283 e. The van der Waals surface area contributed by atoms with Crippen molar-refractivity contribution in [1.82, 2.24) is 5.01 Å². The van der Waals surface area contributed by atoms with Crippen LogP contribution in [0.2, 0.25) is 10.0 Å². The maximum Gasteiger partial charge on any atom is 0.283 e. The SMILES string of the molecule is COc1cc(/C=C2/C(=O)N(C(=O)c3ccccc3)N=C2C)ccc1OCc1ccc(Cl)cc1Cl. The van der Waals surface area contributed by atoms with E-state index in [0.29, 0.717) is 44.0 Å². The topological polar surface area (TPSA) is 68.2 Å². The van der Waals surface area contributed by atoms with Crippen LogP contribution in [0.25, 0.3) is 6.08 Å². The minimum absolute atomic E-state index is 0.230. The minimum Gasteiger partial charge on any atom is -0.493 e. The van der Waals surface area contributed by atoms with Crippen molar-refractivity contribution in [3.05, 3.63) is 99.0 Å². The Morgan fingerprint density at radius 1 is 1.03 bits per heavy atom. The summed E-state index contributed by atoms with van der Waals surface area (Å²) in [7, 11) is 1.53. The molecule has 8 heteroatoms. The second-order valence-electron chi connectivity index (χ2n) is 7.47. The average Bonchev–Trinajstić information content (AvgIpc) is 3.12. The number of carbonyl (C=O) groups excluding carboxylic acids is 2. The van der Waals surface area contributed by atoms with Crippen molar-refractivity contribution in [2.24, 2.45) is 5.10 Å². The Balaban J connectivity index is 1.53. The van der Waals surface area contributed by atoms with Gasteiger partial charge in [0.15, 0.2) is 11.5 Å². The highest BCUT2D eigenvalue weighted by Gasteiger charge is 2.32. The second-order valence-corrected chi connectivity index (χ2v) is 8.31. The largest absolute Gasteiger partial charge is 0.493 e. The summed E-state index contributed by atoms with van der Waals surface area (Å²) in [6, 6.07) is 19.0. The maximum absolute atomic E-state index is 12.9. The minimum atomic E-state index is -0.483. The Morgan fingerprint density at radius 2 is 1.79 bits per heavy atom. The molecule has 172 valence electrons. The predicted octanol–water partition coefficient (Wildman–Crippen LogP) is 6.02. The molecule has 0 saturated carbocycles. The van der Waals surface area contributed by atoms with Crippen molar-refractivity contribution >= 4 is 46.8 Å². The number of hydrogen-bond acceptors (Lipinski definition) is 5. The number of hydrazone groups is 1. The quantitative estimate of drug-likeness (QED) is 0.310. The number of amides is 2. The highest BCUT2D eigenvalue weighted by atomic mass is 35.5. The van der Waals surface area contributed by atoms with E-state index in [4.69, 9.17) is 32.7 Å². The van der Waals surface area contributed by atoms with E-state index in [1.165, 1.54) is 7.11 Å². The summed E-state index contributed by atoms with van der Waals surface area (Å²) < 4.78 is 11.4. The zero-order valence-corrected chi connectivity index (χ0v) is 19.9. The third-order valence-electron chi connectivity index (χ3n) is 5.17. The molecule has 0 radical (unpaired) electrons. The molecule has 0 saturated heterocycles. The number of ether oxygens (including phenoxy) is 2. The first-order chi connectivity index (χ1) is 16.4. The van der Waals surface area contributed by atoms with Crippen molar-refractivity contribution in [3.8, 4) is 11.5 Å². The Kier molecular flexibility index (Phi) is 7.01. The number of imide groups is 1. The number of carbonyl (C=O) groups is 2. The summed E-state index contributed by atoms with van der Waals surface area (Å²) in [6.45, 7) is 1.92. The molecule has 34 heavy (non-hydrogen) atoms. The summed E-state index contributed by atoms with van der Waals surface area (Å²) in [5.41, 5.74) is 2.64. The number of methoxy groups -OCH3 is 1. The lowest BCUT2D eigenvalue weighted by Gasteiger charge is -2.13. The van der Waals surface area contributed by atoms with Crippen molar-refractivity contribution in [1.29, 1.82) is 0 Å². The number of hydrogen-bond donors (Lipinski definition) is 0. The van der Waals surface area contributed by atoms with Gasteiger partial charge in [-0.1, -0.05) is 53.5 Å². The van der Waals surface area contributed by atoms with Gasteiger partial charge in [-0.05, 0) is 55.0 Å². The van der Waals surface area contributed by atoms with Crippen LogP contribution in [0, 0.1) is 0 Å². The van der Waals surface area contributed by atoms with Crippen LogP contribution in [-0.2, 0) is 11.4 Å². The van der Waals surface area contributed by atoms with E-state index < -0.39 is 11.8 Å². The van der Waals surface area contributed by atoms with Gasteiger partial charge in [0, 0.05) is 21.2 Å². The van der Waals surface area contributed by atoms with Gasteiger partial charge in [0.1, 0.15) is 6.61 Å². The number of rotatable bonds is 6. The molecule has 0 spiro atoms. The molecule has 0 fully saturated rings. The molecule has 1 aliphatic rings. The molecule has 0 unspecified atom stereocenters. The Hall–Kier alpha value is -3.61. The fraction of sp³-hybridized carbons (Fsp3) is 0.115. The fourth-order valence-corrected chi connectivity index (χ4v) is 3.84. The molecule has 3 aromatic rings. The van der Waals surface area contributed by atoms with Crippen molar-refractivity contribution in [2.45, 2.75) is 13.5 Å². The van der Waals surface area contributed by atoms with E-state index in [9.17, 15) is 9.59 Å². The maximum atomic E-state index is 12.9. The van der Waals surface area contributed by atoms with Crippen LogP contribution in [-0.4, -0.2) is 29.6 Å². The lowest BCUT2D eigenvalue weighted by molar-refractivity contribution is -0.123. The summed E-state index contributed by atoms with van der Waals surface area (Å²) in [6.07, 6.45) is 1.67. The van der Waals surface area contributed by atoms with Crippen LogP contribution in [0.3, 0.4) is 0 Å². The Labute approximate surface area is 207 Å². The van der Waals surface area contributed by atoms with E-state index in [1.807, 2.05) is 0 Å². The first-order valence-electron chi connectivity index (χ1n) is 10.3. The van der Waals surface area contributed by atoms with E-state index in [1.54, 1.807) is 79.7 Å². The van der Waals surface area contributed by atoms with Crippen LogP contribution in [0.1, 0.15) is 28.4 Å². The normalized spacial score (nSPS) is 14.4. The van der Waals surface area contributed by atoms with E-state index in [2.05, 4.69) is 5.10 Å². The van der Waals surface area contributed by atoms with Crippen LogP contribution in [0.4, 0.5) is 0 Å². The van der Waals surface area contributed by atoms with Gasteiger partial charge in [-0.3, -0.25) is 9.59 Å². The summed E-state index contributed by atoms with van der Waals surface area (Å²) in [4.78, 5) is 25.6. The number of benzene rings is 3. The number of nitrogens with zero attached hydrogens (tertiary/aromatic N) is 2. The monoisotopic (exact) mass is 494 g/mol. The van der Waals surface area contributed by atoms with Crippen LogP contribution < -0.4 is 9.47 Å². The van der Waals surface area contributed by atoms with E-state index in [0.717, 1.165) is 10.6 Å². The molecule has 2 amide bonds. The molecule has 6 nitrogen and oxygen atoms in total. The summed E-state index contributed by atoms with van der Waals surface area (Å²) >= 11 is 12.2.